The molecule has 0 unspecified atom stereocenters. The molecule has 1 aromatic carbocycles. The van der Waals surface area contributed by atoms with Gasteiger partial charge >= 0.3 is 5.69 Å². The molecule has 0 aliphatic heterocycles. The topological polar surface area (TPSA) is 98.5 Å². The first-order valence-electron chi connectivity index (χ1n) is 8.73. The fraction of sp³-hybridized carbons (Fsp3) is 0.278. The first-order valence-corrected chi connectivity index (χ1v) is 9.57. The van der Waals surface area contributed by atoms with E-state index in [1.54, 1.807) is 5.38 Å². The average Bonchev–Trinajstić information content (AvgIpc) is 3.31. The van der Waals surface area contributed by atoms with Crippen molar-refractivity contribution in [3.05, 3.63) is 62.1 Å². The molecule has 0 saturated carbocycles. The summed E-state index contributed by atoms with van der Waals surface area (Å²) in [5.41, 5.74) is 1.48. The highest BCUT2D eigenvalue weighted by Crippen LogP contribution is 2.23. The van der Waals surface area contributed by atoms with Crippen LogP contribution in [0.1, 0.15) is 25.3 Å². The third-order valence-electron chi connectivity index (χ3n) is 4.39. The number of fused-ring (bicyclic) bond motifs is 1. The number of rotatable bonds is 6. The summed E-state index contributed by atoms with van der Waals surface area (Å²) >= 11 is 1.22. The van der Waals surface area contributed by atoms with Gasteiger partial charge in [-0.3, -0.25) is 14.3 Å². The van der Waals surface area contributed by atoms with Crippen LogP contribution in [0, 0.1) is 0 Å². The van der Waals surface area contributed by atoms with E-state index in [1.165, 1.54) is 16.1 Å². The number of unbranched alkanes of at least 4 members (excludes halogenated alkanes) is 1. The second-order valence-corrected chi connectivity index (χ2v) is 6.84. The molecule has 0 saturated heterocycles. The van der Waals surface area contributed by atoms with E-state index in [9.17, 15) is 9.59 Å². The van der Waals surface area contributed by atoms with Crippen molar-refractivity contribution in [2.24, 2.45) is 0 Å². The lowest BCUT2D eigenvalue weighted by Gasteiger charge is -2.08. The van der Waals surface area contributed by atoms with Crippen LogP contribution in [0.25, 0.3) is 22.7 Å². The highest BCUT2D eigenvalue weighted by atomic mass is 32.1. The number of hydrogen-bond acceptors (Lipinski definition) is 6. The number of nitrogens with one attached hydrogen (secondary N) is 1. The summed E-state index contributed by atoms with van der Waals surface area (Å²) in [5, 5.41) is 5.90. The predicted octanol–water partition coefficient (Wildman–Crippen LogP) is 2.25. The van der Waals surface area contributed by atoms with E-state index in [4.69, 9.17) is 0 Å². The van der Waals surface area contributed by atoms with E-state index < -0.39 is 11.2 Å². The zero-order valence-electron chi connectivity index (χ0n) is 14.8. The number of hydrogen-bond donors (Lipinski definition) is 1. The van der Waals surface area contributed by atoms with Crippen molar-refractivity contribution in [1.82, 2.24) is 28.7 Å². The molecule has 0 fully saturated rings. The maximum absolute atomic E-state index is 12.7. The quantitative estimate of drug-likeness (QED) is 0.551. The lowest BCUT2D eigenvalue weighted by atomic mass is 10.2. The Kier molecular flexibility index (Phi) is 4.68. The van der Waals surface area contributed by atoms with Crippen LogP contribution in [0.4, 0.5) is 0 Å². The molecule has 0 aliphatic carbocycles. The number of benzene rings is 1. The molecule has 27 heavy (non-hydrogen) atoms. The summed E-state index contributed by atoms with van der Waals surface area (Å²) < 4.78 is 7.25. The second-order valence-electron chi connectivity index (χ2n) is 6.23. The zero-order chi connectivity index (χ0) is 18.8. The normalized spacial score (nSPS) is 11.3. The molecule has 0 amide bonds. The molecule has 138 valence electrons. The first kappa shape index (κ1) is 17.3. The van der Waals surface area contributed by atoms with Crippen LogP contribution in [0.3, 0.4) is 0 Å². The summed E-state index contributed by atoms with van der Waals surface area (Å²) in [4.78, 5) is 32.1. The van der Waals surface area contributed by atoms with E-state index in [2.05, 4.69) is 19.6 Å². The number of H-pyrrole nitrogens is 1. The Hall–Kier alpha value is -3.07. The SMILES string of the molecule is CCCCn1c(=O)[nH]c(=O)c2c1nc(-c1csnn1)n2Cc1ccccc1. The molecule has 3 heterocycles. The van der Waals surface area contributed by atoms with Gasteiger partial charge in [0.1, 0.15) is 5.69 Å². The number of nitrogens with zero attached hydrogens (tertiary/aromatic N) is 5. The van der Waals surface area contributed by atoms with E-state index in [1.807, 2.05) is 41.8 Å². The number of aryl methyl sites for hydroxylation is 1. The standard InChI is InChI=1S/C18H18N6O2S/c1-2-3-9-23-16-14(17(25)20-18(23)26)24(10-12-7-5-4-6-8-12)15(19-16)13-11-27-22-21-13/h4-8,11H,2-3,9-10H2,1H3,(H,20,25,26). The number of aromatic amines is 1. The predicted molar refractivity (Wildman–Crippen MR) is 104 cm³/mol. The monoisotopic (exact) mass is 382 g/mol. The van der Waals surface area contributed by atoms with Crippen LogP contribution in [-0.2, 0) is 13.1 Å². The Labute approximate surface area is 158 Å². The lowest BCUT2D eigenvalue weighted by Crippen LogP contribution is -2.31. The van der Waals surface area contributed by atoms with Crippen molar-refractivity contribution in [2.75, 3.05) is 0 Å². The highest BCUT2D eigenvalue weighted by Gasteiger charge is 2.21. The zero-order valence-corrected chi connectivity index (χ0v) is 15.6. The van der Waals surface area contributed by atoms with Crippen molar-refractivity contribution in [2.45, 2.75) is 32.9 Å². The summed E-state index contributed by atoms with van der Waals surface area (Å²) in [7, 11) is 0. The fourth-order valence-electron chi connectivity index (χ4n) is 3.07. The molecular formula is C18H18N6O2S. The molecule has 8 nitrogen and oxygen atoms in total. The molecule has 1 N–H and O–H groups in total. The van der Waals surface area contributed by atoms with Gasteiger partial charge in [0, 0.05) is 18.5 Å². The van der Waals surface area contributed by atoms with Crippen molar-refractivity contribution < 1.29 is 0 Å². The van der Waals surface area contributed by atoms with Crippen LogP contribution >= 0.6 is 11.5 Å². The van der Waals surface area contributed by atoms with Gasteiger partial charge in [-0.1, -0.05) is 48.2 Å². The Morgan fingerprint density at radius 2 is 1.96 bits per heavy atom. The van der Waals surface area contributed by atoms with Gasteiger partial charge in [0.25, 0.3) is 5.56 Å². The largest absolute Gasteiger partial charge is 0.330 e. The van der Waals surface area contributed by atoms with Crippen LogP contribution < -0.4 is 11.2 Å². The Morgan fingerprint density at radius 3 is 2.67 bits per heavy atom. The lowest BCUT2D eigenvalue weighted by molar-refractivity contribution is 0.613. The van der Waals surface area contributed by atoms with Crippen molar-refractivity contribution in [3.8, 4) is 11.5 Å². The number of aromatic nitrogens is 6. The molecule has 4 aromatic rings. The van der Waals surface area contributed by atoms with Gasteiger partial charge in [-0.25, -0.2) is 9.78 Å². The van der Waals surface area contributed by atoms with Gasteiger partial charge in [0.05, 0.1) is 0 Å². The van der Waals surface area contributed by atoms with Crippen LogP contribution in [0.15, 0.2) is 45.3 Å². The number of imidazole rings is 1. The Balaban J connectivity index is 1.99. The summed E-state index contributed by atoms with van der Waals surface area (Å²) in [6.07, 6.45) is 1.75. The van der Waals surface area contributed by atoms with Gasteiger partial charge in [-0.15, -0.1) is 5.10 Å². The van der Waals surface area contributed by atoms with Gasteiger partial charge in [0.2, 0.25) is 0 Å². The summed E-state index contributed by atoms with van der Waals surface area (Å²) in [6, 6.07) is 9.79. The molecule has 0 bridgehead atoms. The third-order valence-corrected chi connectivity index (χ3v) is 4.90. The maximum atomic E-state index is 12.7. The first-order chi connectivity index (χ1) is 13.2. The van der Waals surface area contributed by atoms with Crippen LogP contribution in [-0.4, -0.2) is 28.7 Å². The van der Waals surface area contributed by atoms with Gasteiger partial charge in [-0.05, 0) is 23.5 Å². The molecule has 0 atom stereocenters. The minimum Gasteiger partial charge on any atom is -0.312 e. The van der Waals surface area contributed by atoms with Crippen LogP contribution in [0.5, 0.6) is 0 Å². The van der Waals surface area contributed by atoms with Gasteiger partial charge in [-0.2, -0.15) is 0 Å². The molecule has 3 aromatic heterocycles. The summed E-state index contributed by atoms with van der Waals surface area (Å²) in [6.45, 7) is 2.99. The molecule has 4 rings (SSSR count). The molecule has 9 heteroatoms. The smallest absolute Gasteiger partial charge is 0.312 e. The fourth-order valence-corrected chi connectivity index (χ4v) is 3.51. The Bertz CT molecular complexity index is 1170. The Morgan fingerprint density at radius 1 is 1.15 bits per heavy atom. The molecule has 0 spiro atoms. The van der Waals surface area contributed by atoms with E-state index in [0.717, 1.165) is 18.4 Å². The van der Waals surface area contributed by atoms with Crippen molar-refractivity contribution in [3.63, 3.8) is 0 Å². The van der Waals surface area contributed by atoms with Gasteiger partial charge < -0.3 is 4.57 Å². The molecule has 0 radical (unpaired) electrons. The minimum absolute atomic E-state index is 0.373. The van der Waals surface area contributed by atoms with Gasteiger partial charge in [0.15, 0.2) is 17.0 Å². The third kappa shape index (κ3) is 3.21. The van der Waals surface area contributed by atoms with E-state index in [0.29, 0.717) is 35.8 Å². The molecule has 0 aliphatic rings. The van der Waals surface area contributed by atoms with Crippen LogP contribution in [0.2, 0.25) is 0 Å². The van der Waals surface area contributed by atoms with Crippen molar-refractivity contribution in [1.29, 1.82) is 0 Å². The van der Waals surface area contributed by atoms with E-state index in [-0.39, 0.29) is 0 Å². The second kappa shape index (κ2) is 7.28. The average molecular weight is 382 g/mol. The maximum Gasteiger partial charge on any atom is 0.330 e. The van der Waals surface area contributed by atoms with Crippen molar-refractivity contribution >= 4 is 22.7 Å². The van der Waals surface area contributed by atoms with E-state index >= 15 is 0 Å². The summed E-state index contributed by atoms with van der Waals surface area (Å²) in [5.74, 6) is 0.531. The molecular weight excluding hydrogens is 364 g/mol. The minimum atomic E-state index is -0.444. The highest BCUT2D eigenvalue weighted by molar-refractivity contribution is 7.03.